The topological polar surface area (TPSA) is 65.2 Å². The van der Waals surface area contributed by atoms with Crippen molar-refractivity contribution in [2.24, 2.45) is 9.98 Å². The molecule has 0 atom stereocenters. The Labute approximate surface area is 264 Å². The second-order valence-corrected chi connectivity index (χ2v) is 16.1. The van der Waals surface area contributed by atoms with Gasteiger partial charge in [0.25, 0.3) is 0 Å². The third-order valence-electron chi connectivity index (χ3n) is 8.17. The van der Waals surface area contributed by atoms with Crippen LogP contribution in [-0.2, 0) is 21.7 Å². The van der Waals surface area contributed by atoms with E-state index in [1.807, 2.05) is 36.4 Å². The van der Waals surface area contributed by atoms with E-state index in [9.17, 15) is 10.2 Å². The highest BCUT2D eigenvalue weighted by molar-refractivity contribution is 6.04. The number of hydrogen-bond acceptors (Lipinski definition) is 4. The Morgan fingerprint density at radius 3 is 1.18 bits per heavy atom. The maximum Gasteiger partial charge on any atom is 0.128 e. The first kappa shape index (κ1) is 33.0. The van der Waals surface area contributed by atoms with Gasteiger partial charge in [-0.3, -0.25) is 9.98 Å². The minimum Gasteiger partial charge on any atom is -0.507 e. The van der Waals surface area contributed by atoms with Crippen molar-refractivity contribution in [2.45, 2.75) is 105 Å². The Morgan fingerprint density at radius 2 is 0.864 bits per heavy atom. The van der Waals surface area contributed by atoms with Crippen molar-refractivity contribution in [3.8, 4) is 11.5 Å². The average molecular weight is 591 g/mol. The lowest BCUT2D eigenvalue weighted by atomic mass is 9.79. The molecule has 4 rings (SSSR count). The summed E-state index contributed by atoms with van der Waals surface area (Å²) in [4.78, 5) is 9.86. The van der Waals surface area contributed by atoms with Crippen molar-refractivity contribution >= 4 is 34.6 Å². The van der Waals surface area contributed by atoms with Crippen molar-refractivity contribution in [1.82, 2.24) is 0 Å². The SMILES string of the molecule is CC(C)(C)c1cc(C=Nc2cccc3cccc(N=Cc4cc(C(C)(C)C)cc(C(C)(C)C)c4O)c23)c(O)c(C(C)(C)C)c1. The average Bonchev–Trinajstić information content (AvgIpc) is 2.89. The zero-order valence-corrected chi connectivity index (χ0v) is 28.7. The monoisotopic (exact) mass is 590 g/mol. The normalized spacial score (nSPS) is 13.5. The van der Waals surface area contributed by atoms with Gasteiger partial charge in [-0.05, 0) is 62.4 Å². The lowest BCUT2D eigenvalue weighted by molar-refractivity contribution is 0.443. The van der Waals surface area contributed by atoms with E-state index in [0.717, 1.165) is 44.4 Å². The summed E-state index contributed by atoms with van der Waals surface area (Å²) in [5.74, 6) is 0.521. The molecule has 4 nitrogen and oxygen atoms in total. The third kappa shape index (κ3) is 7.07. The summed E-state index contributed by atoms with van der Waals surface area (Å²) in [6, 6.07) is 20.3. The highest BCUT2D eigenvalue weighted by Gasteiger charge is 2.26. The van der Waals surface area contributed by atoms with Crippen molar-refractivity contribution in [1.29, 1.82) is 0 Å². The lowest BCUT2D eigenvalue weighted by Gasteiger charge is -2.27. The van der Waals surface area contributed by atoms with Crippen molar-refractivity contribution in [3.05, 3.63) is 94.0 Å². The number of nitrogens with zero attached hydrogens (tertiary/aromatic N) is 2. The van der Waals surface area contributed by atoms with E-state index in [4.69, 9.17) is 9.98 Å². The minimum atomic E-state index is -0.224. The summed E-state index contributed by atoms with van der Waals surface area (Å²) in [5.41, 5.74) is 6.40. The number of rotatable bonds is 4. The second kappa shape index (κ2) is 11.5. The second-order valence-electron chi connectivity index (χ2n) is 16.1. The van der Waals surface area contributed by atoms with E-state index in [-0.39, 0.29) is 33.2 Å². The standard InChI is InChI=1S/C40H50N2O2/c1-37(2,3)28-19-26(35(43)30(21-28)39(7,8)9)23-41-32-17-13-15-25-16-14-18-33(34(25)32)42-24-27-20-29(38(4,5)6)22-31(36(27)44)40(10,11)12/h13-24,43-44H,1-12H3. The third-order valence-corrected chi connectivity index (χ3v) is 8.17. The first-order chi connectivity index (χ1) is 20.2. The van der Waals surface area contributed by atoms with Gasteiger partial charge >= 0.3 is 0 Å². The highest BCUT2D eigenvalue weighted by Crippen LogP contribution is 2.40. The van der Waals surface area contributed by atoms with Crippen LogP contribution >= 0.6 is 0 Å². The fourth-order valence-corrected chi connectivity index (χ4v) is 5.32. The number of aliphatic imine (C=N–C) groups is 2. The van der Waals surface area contributed by atoms with Gasteiger partial charge in [0, 0.05) is 40.1 Å². The molecule has 0 unspecified atom stereocenters. The summed E-state index contributed by atoms with van der Waals surface area (Å²) in [5, 5.41) is 24.6. The fraction of sp³-hybridized carbons (Fsp3) is 0.400. The molecular formula is C40H50N2O2. The molecule has 44 heavy (non-hydrogen) atoms. The van der Waals surface area contributed by atoms with Gasteiger partial charge < -0.3 is 10.2 Å². The molecule has 4 heteroatoms. The van der Waals surface area contributed by atoms with Crippen LogP contribution in [0.5, 0.6) is 11.5 Å². The summed E-state index contributed by atoms with van der Waals surface area (Å²) in [7, 11) is 0. The molecule has 0 saturated heterocycles. The maximum absolute atomic E-state index is 11.3. The Morgan fingerprint density at radius 1 is 0.500 bits per heavy atom. The van der Waals surface area contributed by atoms with Gasteiger partial charge in [0.1, 0.15) is 11.5 Å². The first-order valence-corrected chi connectivity index (χ1v) is 15.5. The van der Waals surface area contributed by atoms with Gasteiger partial charge in [0.2, 0.25) is 0 Å². The van der Waals surface area contributed by atoms with Gasteiger partial charge in [-0.15, -0.1) is 0 Å². The van der Waals surface area contributed by atoms with Gasteiger partial charge in [-0.2, -0.15) is 0 Å². The molecule has 2 N–H and O–H groups in total. The Balaban J connectivity index is 1.87. The summed E-state index contributed by atoms with van der Waals surface area (Å²) < 4.78 is 0. The van der Waals surface area contributed by atoms with E-state index in [1.54, 1.807) is 12.4 Å². The molecular weight excluding hydrogens is 540 g/mol. The minimum absolute atomic E-state index is 0.0830. The van der Waals surface area contributed by atoms with Crippen LogP contribution in [0, 0.1) is 0 Å². The smallest absolute Gasteiger partial charge is 0.128 e. The van der Waals surface area contributed by atoms with Gasteiger partial charge in [0.05, 0.1) is 11.4 Å². The zero-order chi connectivity index (χ0) is 32.8. The Bertz CT molecular complexity index is 1620. The molecule has 0 fully saturated rings. The quantitative estimate of drug-likeness (QED) is 0.232. The molecule has 0 bridgehead atoms. The molecule has 232 valence electrons. The summed E-state index contributed by atoms with van der Waals surface area (Å²) in [6.07, 6.45) is 3.53. The lowest BCUT2D eigenvalue weighted by Crippen LogP contribution is -2.17. The number of hydrogen-bond donors (Lipinski definition) is 2. The Kier molecular flexibility index (Phi) is 8.65. The van der Waals surface area contributed by atoms with Gasteiger partial charge in [-0.1, -0.05) is 119 Å². The van der Waals surface area contributed by atoms with Crippen molar-refractivity contribution < 1.29 is 10.2 Å². The van der Waals surface area contributed by atoms with Crippen LogP contribution in [0.15, 0.2) is 70.6 Å². The molecule has 0 aliphatic heterocycles. The molecule has 0 radical (unpaired) electrons. The van der Waals surface area contributed by atoms with Crippen LogP contribution in [0.1, 0.15) is 116 Å². The van der Waals surface area contributed by atoms with E-state index in [2.05, 4.69) is 107 Å². The number of benzene rings is 4. The molecule has 0 heterocycles. The predicted octanol–water partition coefficient (Wildman–Crippen LogP) is 10.9. The first-order valence-electron chi connectivity index (χ1n) is 15.5. The molecule has 0 amide bonds. The van der Waals surface area contributed by atoms with E-state index >= 15 is 0 Å². The number of phenolic OH excluding ortho intramolecular Hbond substituents is 2. The van der Waals surface area contributed by atoms with Crippen molar-refractivity contribution in [2.75, 3.05) is 0 Å². The van der Waals surface area contributed by atoms with Crippen LogP contribution in [0.25, 0.3) is 10.8 Å². The summed E-state index contributed by atoms with van der Waals surface area (Å²) in [6.45, 7) is 25.8. The van der Waals surface area contributed by atoms with E-state index in [0.29, 0.717) is 11.1 Å². The van der Waals surface area contributed by atoms with E-state index in [1.165, 1.54) is 0 Å². The molecule has 0 aromatic heterocycles. The largest absolute Gasteiger partial charge is 0.507 e. The van der Waals surface area contributed by atoms with Gasteiger partial charge in [-0.25, -0.2) is 0 Å². The maximum atomic E-state index is 11.3. The predicted molar refractivity (Wildman–Crippen MR) is 189 cm³/mol. The number of phenols is 2. The van der Waals surface area contributed by atoms with Crippen LogP contribution in [-0.4, -0.2) is 22.6 Å². The zero-order valence-electron chi connectivity index (χ0n) is 28.7. The van der Waals surface area contributed by atoms with Crippen LogP contribution in [0.4, 0.5) is 11.4 Å². The summed E-state index contributed by atoms with van der Waals surface area (Å²) >= 11 is 0. The molecule has 0 aliphatic rings. The van der Waals surface area contributed by atoms with Crippen LogP contribution in [0.3, 0.4) is 0 Å². The number of fused-ring (bicyclic) bond motifs is 1. The highest BCUT2D eigenvalue weighted by atomic mass is 16.3. The Hall–Kier alpha value is -3.92. The van der Waals surface area contributed by atoms with Crippen LogP contribution < -0.4 is 0 Å². The molecule has 0 aliphatic carbocycles. The van der Waals surface area contributed by atoms with Gasteiger partial charge in [0.15, 0.2) is 0 Å². The van der Waals surface area contributed by atoms with Crippen LogP contribution in [0.2, 0.25) is 0 Å². The number of aromatic hydroxyl groups is 2. The fourth-order valence-electron chi connectivity index (χ4n) is 5.32. The molecule has 4 aromatic rings. The van der Waals surface area contributed by atoms with E-state index < -0.39 is 0 Å². The molecule has 0 spiro atoms. The van der Waals surface area contributed by atoms with Crippen molar-refractivity contribution in [3.63, 3.8) is 0 Å². The molecule has 4 aromatic carbocycles. The molecule has 0 saturated carbocycles.